The summed E-state index contributed by atoms with van der Waals surface area (Å²) in [6.07, 6.45) is 5.83. The summed E-state index contributed by atoms with van der Waals surface area (Å²) in [7, 11) is 2.14. The van der Waals surface area contributed by atoms with Crippen LogP contribution in [0, 0.1) is 0 Å². The summed E-state index contributed by atoms with van der Waals surface area (Å²) < 4.78 is 7.78. The molecule has 0 aromatic carbocycles. The Kier molecular flexibility index (Phi) is 7.81. The summed E-state index contributed by atoms with van der Waals surface area (Å²) in [5.41, 5.74) is 0.699. The second kappa shape index (κ2) is 11.4. The number of aryl methyl sites for hydroxylation is 1. The van der Waals surface area contributed by atoms with Crippen molar-refractivity contribution >= 4 is 17.4 Å². The predicted molar refractivity (Wildman–Crippen MR) is 138 cm³/mol. The average Bonchev–Trinajstić information content (AvgIpc) is 3.53. The third-order valence-corrected chi connectivity index (χ3v) is 7.47. The highest BCUT2D eigenvalue weighted by Crippen LogP contribution is 2.22. The predicted octanol–water partition coefficient (Wildman–Crippen LogP) is 2.48. The molecular weight excluding hydrogens is 456 g/mol. The third kappa shape index (κ3) is 5.87. The molecule has 1 atom stereocenters. The van der Waals surface area contributed by atoms with E-state index in [1.165, 1.54) is 25.7 Å². The van der Waals surface area contributed by atoms with Crippen LogP contribution in [0.5, 0.6) is 0 Å². The monoisotopic (exact) mass is 494 g/mol. The maximum absolute atomic E-state index is 12.5. The minimum absolute atomic E-state index is 0.0398. The number of amides is 1. The Morgan fingerprint density at radius 3 is 2.72 bits per heavy atom. The van der Waals surface area contributed by atoms with E-state index in [2.05, 4.69) is 44.2 Å². The van der Waals surface area contributed by atoms with Crippen LogP contribution in [-0.4, -0.2) is 81.3 Å². The first kappa shape index (κ1) is 24.7. The van der Waals surface area contributed by atoms with E-state index in [1.807, 2.05) is 24.3 Å². The summed E-state index contributed by atoms with van der Waals surface area (Å²) in [4.78, 5) is 19.7. The van der Waals surface area contributed by atoms with Crippen molar-refractivity contribution in [1.82, 2.24) is 34.9 Å². The fraction of sp³-hybridized carbons (Fsp3) is 0.615. The first-order valence-electron chi connectivity index (χ1n) is 13.3. The van der Waals surface area contributed by atoms with Crippen LogP contribution in [0.3, 0.4) is 0 Å². The number of anilines is 1. The maximum atomic E-state index is 12.5. The van der Waals surface area contributed by atoms with Gasteiger partial charge in [0.2, 0.25) is 5.91 Å². The molecule has 10 nitrogen and oxygen atoms in total. The molecule has 0 bridgehead atoms. The van der Waals surface area contributed by atoms with Crippen molar-refractivity contribution in [3.05, 3.63) is 41.6 Å². The Morgan fingerprint density at radius 1 is 1.06 bits per heavy atom. The number of likely N-dealkylation sites (N-methyl/N-ethyl adjacent to an activating group) is 1. The zero-order chi connectivity index (χ0) is 24.9. The van der Waals surface area contributed by atoms with E-state index in [4.69, 9.17) is 9.52 Å². The quantitative estimate of drug-likeness (QED) is 0.485. The maximum Gasteiger partial charge on any atom is 0.220 e. The number of rotatable bonds is 9. The zero-order valence-corrected chi connectivity index (χ0v) is 21.5. The number of piperazine rings is 1. The Hall–Kier alpha value is -2.98. The van der Waals surface area contributed by atoms with Crippen molar-refractivity contribution in [3.63, 3.8) is 0 Å². The van der Waals surface area contributed by atoms with Gasteiger partial charge in [0, 0.05) is 45.1 Å². The Bertz CT molecular complexity index is 1150. The molecule has 5 heterocycles. The number of hydrogen-bond acceptors (Lipinski definition) is 8. The molecule has 2 aliphatic heterocycles. The fourth-order valence-corrected chi connectivity index (χ4v) is 5.22. The molecule has 2 aliphatic rings. The largest absolute Gasteiger partial charge is 0.463 e. The second-order valence-corrected chi connectivity index (χ2v) is 10.0. The van der Waals surface area contributed by atoms with E-state index in [0.29, 0.717) is 36.9 Å². The SMILES string of the molecule is CC[C@@H]1CCCCN1Cc1ccc(CNC(=O)CCc2nnc3ccc(N4CCN(C)CC4)nn23)o1. The van der Waals surface area contributed by atoms with E-state index < -0.39 is 0 Å². The second-order valence-electron chi connectivity index (χ2n) is 10.0. The number of aromatic nitrogens is 4. The van der Waals surface area contributed by atoms with Crippen LogP contribution >= 0.6 is 0 Å². The minimum Gasteiger partial charge on any atom is -0.463 e. The topological polar surface area (TPSA) is 95.0 Å². The molecule has 2 saturated heterocycles. The number of nitrogens with zero attached hydrogens (tertiary/aromatic N) is 7. The molecule has 10 heteroatoms. The summed E-state index contributed by atoms with van der Waals surface area (Å²) in [6.45, 7) is 8.55. The molecule has 1 N–H and O–H groups in total. The van der Waals surface area contributed by atoms with Crippen molar-refractivity contribution in [1.29, 1.82) is 0 Å². The van der Waals surface area contributed by atoms with Gasteiger partial charge in [-0.3, -0.25) is 9.69 Å². The van der Waals surface area contributed by atoms with Crippen molar-refractivity contribution in [2.45, 2.75) is 64.6 Å². The number of hydrogen-bond donors (Lipinski definition) is 1. The lowest BCUT2D eigenvalue weighted by atomic mass is 10.00. The van der Waals surface area contributed by atoms with Gasteiger partial charge in [0.15, 0.2) is 11.5 Å². The minimum atomic E-state index is -0.0398. The summed E-state index contributed by atoms with van der Waals surface area (Å²) in [5, 5.41) is 16.2. The Labute approximate surface area is 212 Å². The van der Waals surface area contributed by atoms with Crippen molar-refractivity contribution in [3.8, 4) is 0 Å². The van der Waals surface area contributed by atoms with Crippen molar-refractivity contribution in [2.75, 3.05) is 44.7 Å². The van der Waals surface area contributed by atoms with Gasteiger partial charge in [-0.05, 0) is 57.1 Å². The van der Waals surface area contributed by atoms with Gasteiger partial charge in [-0.2, -0.15) is 4.52 Å². The molecule has 2 fully saturated rings. The normalized spacial score (nSPS) is 19.7. The van der Waals surface area contributed by atoms with Gasteiger partial charge in [0.25, 0.3) is 0 Å². The van der Waals surface area contributed by atoms with Crippen LogP contribution in [-0.2, 0) is 24.3 Å². The van der Waals surface area contributed by atoms with E-state index in [-0.39, 0.29) is 5.91 Å². The van der Waals surface area contributed by atoms with Crippen LogP contribution in [0.25, 0.3) is 5.65 Å². The fourth-order valence-electron chi connectivity index (χ4n) is 5.22. The number of likely N-dealkylation sites (tertiary alicyclic amines) is 1. The smallest absolute Gasteiger partial charge is 0.220 e. The van der Waals surface area contributed by atoms with Gasteiger partial charge in [-0.15, -0.1) is 15.3 Å². The number of fused-ring (bicyclic) bond motifs is 1. The number of piperidine rings is 1. The number of furan rings is 1. The standard InChI is InChI=1S/C26H38N8O2/c1-3-20-6-4-5-13-33(20)19-22-8-7-21(36-22)18-27-26(35)12-11-24-29-28-23-9-10-25(30-34(23)24)32-16-14-31(2)15-17-32/h7-10,20H,3-6,11-19H2,1-2H3,(H,27,35)/t20-/m1/s1. The van der Waals surface area contributed by atoms with Crippen LogP contribution in [0.1, 0.15) is 56.4 Å². The molecule has 36 heavy (non-hydrogen) atoms. The van der Waals surface area contributed by atoms with Crippen LogP contribution < -0.4 is 10.2 Å². The molecule has 0 radical (unpaired) electrons. The molecule has 0 aliphatic carbocycles. The highest BCUT2D eigenvalue weighted by Gasteiger charge is 2.22. The van der Waals surface area contributed by atoms with Crippen LogP contribution in [0.4, 0.5) is 5.82 Å². The molecule has 0 unspecified atom stereocenters. The first-order valence-corrected chi connectivity index (χ1v) is 13.3. The van der Waals surface area contributed by atoms with E-state index >= 15 is 0 Å². The summed E-state index contributed by atoms with van der Waals surface area (Å²) >= 11 is 0. The first-order chi connectivity index (χ1) is 17.6. The number of carbonyl (C=O) groups is 1. The number of nitrogens with one attached hydrogen (secondary N) is 1. The van der Waals surface area contributed by atoms with Crippen molar-refractivity contribution < 1.29 is 9.21 Å². The van der Waals surface area contributed by atoms with Crippen LogP contribution in [0.2, 0.25) is 0 Å². The van der Waals surface area contributed by atoms with Gasteiger partial charge in [-0.25, -0.2) is 0 Å². The molecule has 3 aromatic rings. The van der Waals surface area contributed by atoms with Gasteiger partial charge in [-0.1, -0.05) is 13.3 Å². The van der Waals surface area contributed by atoms with Gasteiger partial charge in [0.05, 0.1) is 13.1 Å². The molecule has 0 spiro atoms. The highest BCUT2D eigenvalue weighted by molar-refractivity contribution is 5.76. The summed E-state index contributed by atoms with van der Waals surface area (Å²) in [5.74, 6) is 3.33. The summed E-state index contributed by atoms with van der Waals surface area (Å²) in [6, 6.07) is 8.59. The lowest BCUT2D eigenvalue weighted by molar-refractivity contribution is -0.121. The van der Waals surface area contributed by atoms with Crippen LogP contribution in [0.15, 0.2) is 28.7 Å². The zero-order valence-electron chi connectivity index (χ0n) is 21.5. The average molecular weight is 495 g/mol. The molecule has 3 aromatic heterocycles. The Balaban J connectivity index is 1.12. The molecule has 5 rings (SSSR count). The molecular formula is C26H38N8O2. The third-order valence-electron chi connectivity index (χ3n) is 7.47. The van der Waals surface area contributed by atoms with Gasteiger partial charge >= 0.3 is 0 Å². The van der Waals surface area contributed by atoms with Gasteiger partial charge < -0.3 is 19.5 Å². The molecule has 1 amide bonds. The Morgan fingerprint density at radius 2 is 1.89 bits per heavy atom. The lowest BCUT2D eigenvalue weighted by Crippen LogP contribution is -2.45. The lowest BCUT2D eigenvalue weighted by Gasteiger charge is -2.34. The van der Waals surface area contributed by atoms with Crippen molar-refractivity contribution in [2.24, 2.45) is 0 Å². The van der Waals surface area contributed by atoms with Gasteiger partial charge in [0.1, 0.15) is 17.3 Å². The van der Waals surface area contributed by atoms with E-state index in [9.17, 15) is 4.79 Å². The van der Waals surface area contributed by atoms with E-state index in [0.717, 1.165) is 56.6 Å². The highest BCUT2D eigenvalue weighted by atomic mass is 16.3. The number of carbonyl (C=O) groups excluding carboxylic acids is 1. The molecule has 194 valence electrons. The van der Waals surface area contributed by atoms with E-state index in [1.54, 1.807) is 4.52 Å². The molecule has 0 saturated carbocycles.